The van der Waals surface area contributed by atoms with Gasteiger partial charge in [-0.3, -0.25) is 19.1 Å². The number of benzene rings is 2. The number of hydrogen-bond acceptors (Lipinski definition) is 10. The van der Waals surface area contributed by atoms with E-state index in [9.17, 15) is 27.6 Å². The second-order valence-electron chi connectivity index (χ2n) is 17.3. The number of methoxy groups -OCH3 is 1. The van der Waals surface area contributed by atoms with E-state index >= 15 is 0 Å². The lowest BCUT2D eigenvalue weighted by molar-refractivity contribution is -0.142. The smallest absolute Gasteiger partial charge is 0.407 e. The molecule has 4 bridgehead atoms. The van der Waals surface area contributed by atoms with Crippen molar-refractivity contribution in [2.24, 2.45) is 17.8 Å². The van der Waals surface area contributed by atoms with Gasteiger partial charge in [0.15, 0.2) is 0 Å². The Labute approximate surface area is 351 Å². The Hall–Kier alpha value is -5.18. The zero-order chi connectivity index (χ0) is 42.2. The summed E-state index contributed by atoms with van der Waals surface area (Å²) in [5, 5.41) is 5.88. The van der Waals surface area contributed by atoms with E-state index < -0.39 is 68.7 Å². The summed E-state index contributed by atoms with van der Waals surface area (Å²) in [5.74, 6) is -1.28. The summed E-state index contributed by atoms with van der Waals surface area (Å²) in [7, 11) is -2.27. The molecule has 4 amide bonds. The highest BCUT2D eigenvalue weighted by molar-refractivity contribution is 7.91. The number of pyridine rings is 1. The van der Waals surface area contributed by atoms with Crippen molar-refractivity contribution < 1.29 is 41.8 Å². The molecule has 0 spiro atoms. The first-order valence-electron chi connectivity index (χ1n) is 21.4. The van der Waals surface area contributed by atoms with Crippen LogP contribution in [0.15, 0.2) is 61.2 Å². The number of amides is 4. The van der Waals surface area contributed by atoms with Crippen LogP contribution in [0.4, 0.5) is 4.79 Å². The van der Waals surface area contributed by atoms with Gasteiger partial charge in [-0.25, -0.2) is 18.2 Å². The highest BCUT2D eigenvalue weighted by atomic mass is 32.2. The maximum Gasteiger partial charge on any atom is 0.407 e. The number of aromatic nitrogens is 1. The summed E-state index contributed by atoms with van der Waals surface area (Å²) < 4.78 is 46.4. The molecule has 320 valence electrons. The second-order valence-corrected chi connectivity index (χ2v) is 19.3. The molecular weight excluding hydrogens is 787 g/mol. The van der Waals surface area contributed by atoms with Crippen LogP contribution in [0.3, 0.4) is 0 Å². The third-order valence-corrected chi connectivity index (χ3v) is 14.8. The fourth-order valence-corrected chi connectivity index (χ4v) is 10.6. The third kappa shape index (κ3) is 8.68. The minimum absolute atomic E-state index is 0.00153. The van der Waals surface area contributed by atoms with Gasteiger partial charge in [0.1, 0.15) is 35.2 Å². The van der Waals surface area contributed by atoms with Crippen LogP contribution >= 0.6 is 0 Å². The average Bonchev–Trinajstić information content (AvgIpc) is 4.12. The Morgan fingerprint density at radius 2 is 1.78 bits per heavy atom. The van der Waals surface area contributed by atoms with Crippen LogP contribution in [0.25, 0.3) is 22.2 Å². The van der Waals surface area contributed by atoms with Crippen molar-refractivity contribution in [3.05, 3.63) is 66.7 Å². The molecule has 3 heterocycles. The van der Waals surface area contributed by atoms with Crippen molar-refractivity contribution in [2.45, 2.75) is 113 Å². The van der Waals surface area contributed by atoms with Crippen molar-refractivity contribution in [3.8, 4) is 22.8 Å². The van der Waals surface area contributed by atoms with Crippen molar-refractivity contribution in [3.63, 3.8) is 0 Å². The van der Waals surface area contributed by atoms with Crippen molar-refractivity contribution in [1.82, 2.24) is 25.2 Å². The minimum atomic E-state index is -3.91. The quantitative estimate of drug-likeness (QED) is 0.230. The van der Waals surface area contributed by atoms with Crippen molar-refractivity contribution in [2.75, 3.05) is 20.3 Å². The number of cyclic esters (lactones) is 1. The van der Waals surface area contributed by atoms with Gasteiger partial charge in [0.25, 0.3) is 5.91 Å². The number of nitrogens with zero attached hydrogens (tertiary/aromatic N) is 2. The van der Waals surface area contributed by atoms with Crippen LogP contribution in [0.5, 0.6) is 11.5 Å². The molecule has 1 saturated heterocycles. The summed E-state index contributed by atoms with van der Waals surface area (Å²) >= 11 is 0. The molecule has 4 fully saturated rings. The first-order chi connectivity index (χ1) is 28.9. The number of alkyl carbamates (subject to hydrolysis) is 1. The van der Waals surface area contributed by atoms with Crippen molar-refractivity contribution in [1.29, 1.82) is 0 Å². The van der Waals surface area contributed by atoms with E-state index in [-0.39, 0.29) is 37.8 Å². The molecule has 8 rings (SSSR count). The molecule has 15 heteroatoms. The van der Waals surface area contributed by atoms with Gasteiger partial charge in [-0.05, 0) is 74.8 Å². The molecule has 2 aromatic carbocycles. The first kappa shape index (κ1) is 41.5. The van der Waals surface area contributed by atoms with Crippen LogP contribution in [-0.2, 0) is 35.6 Å². The molecule has 0 radical (unpaired) electrons. The normalized spacial score (nSPS) is 27.8. The van der Waals surface area contributed by atoms with Crippen LogP contribution in [0.2, 0.25) is 0 Å². The standard InChI is InChI=1S/C45H55N5O9S/c1-4-31-24-45(31,43(53)49-60(55,56)33-18-19-33)48-41(51)37-21-32-25-50(37)42(52)40(29-15-10-11-16-29)47-44(54)58-26-27(2)12-8-9-17-30-20-34-36(23-38(30)57-3)46-35(22-39(34)59-32)28-13-6-5-7-14-28/h4-7,13-14,20,22-23,27,29,31-33,37,40H,1,8-12,15-19,21,24-26H2,2-3H3,(H,47,54)(H,48,51)(H,49,53)/t27?,31-,32+,37-,40-,45+/m0/s1. The topological polar surface area (TPSA) is 182 Å². The molecule has 3 saturated carbocycles. The minimum Gasteiger partial charge on any atom is -0.496 e. The summed E-state index contributed by atoms with van der Waals surface area (Å²) in [5.41, 5.74) is 1.63. The summed E-state index contributed by atoms with van der Waals surface area (Å²) in [4.78, 5) is 63.1. The van der Waals surface area contributed by atoms with Gasteiger partial charge in [0, 0.05) is 35.4 Å². The molecule has 1 aromatic heterocycles. The molecule has 5 aliphatic rings. The monoisotopic (exact) mass is 841 g/mol. The number of carbonyl (C=O) groups excluding carboxylic acids is 4. The summed E-state index contributed by atoms with van der Waals surface area (Å²) in [6.45, 7) is 6.05. The maximum atomic E-state index is 14.9. The molecule has 3 aromatic rings. The average molecular weight is 842 g/mol. The molecule has 14 nitrogen and oxygen atoms in total. The largest absolute Gasteiger partial charge is 0.496 e. The molecule has 60 heavy (non-hydrogen) atoms. The number of nitrogens with one attached hydrogen (secondary N) is 3. The second kappa shape index (κ2) is 17.1. The first-order valence-corrected chi connectivity index (χ1v) is 22.9. The van der Waals surface area contributed by atoms with Gasteiger partial charge >= 0.3 is 6.09 Å². The summed E-state index contributed by atoms with van der Waals surface area (Å²) in [6.07, 6.45) is 7.84. The highest BCUT2D eigenvalue weighted by Crippen LogP contribution is 2.46. The van der Waals surface area contributed by atoms with E-state index in [2.05, 4.69) is 21.9 Å². The van der Waals surface area contributed by atoms with Gasteiger partial charge in [-0.15, -0.1) is 6.58 Å². The van der Waals surface area contributed by atoms with Gasteiger partial charge in [0.05, 0.1) is 36.7 Å². The van der Waals surface area contributed by atoms with Crippen LogP contribution in [0, 0.1) is 17.8 Å². The Morgan fingerprint density at radius 3 is 2.48 bits per heavy atom. The Morgan fingerprint density at radius 1 is 1.03 bits per heavy atom. The number of hydrogen-bond donors (Lipinski definition) is 3. The lowest BCUT2D eigenvalue weighted by Crippen LogP contribution is -2.59. The molecule has 2 aliphatic heterocycles. The number of rotatable bonds is 9. The predicted molar refractivity (Wildman–Crippen MR) is 224 cm³/mol. The molecule has 6 atom stereocenters. The SMILES string of the molecule is C=C[C@H]1C[C@]1(NC(=O)[C@@H]1C[C@@H]2CN1C(=O)[C@H](C1CCCC1)NC(=O)OCC(C)CCCCc1cc3c(cc(-c4ccccc4)nc3cc1OC)O2)C(=O)NS(=O)(=O)C1CC1. The zero-order valence-electron chi connectivity index (χ0n) is 34.3. The van der Waals surface area contributed by atoms with E-state index in [4.69, 9.17) is 19.2 Å². The maximum absolute atomic E-state index is 14.9. The third-order valence-electron chi connectivity index (χ3n) is 12.9. The number of carbonyl (C=O) groups is 4. The Balaban J connectivity index is 1.17. The van der Waals surface area contributed by atoms with E-state index in [0.29, 0.717) is 48.4 Å². The van der Waals surface area contributed by atoms with Gasteiger partial charge < -0.3 is 29.7 Å². The number of aryl methyl sites for hydroxylation is 1. The molecule has 3 N–H and O–H groups in total. The highest BCUT2D eigenvalue weighted by Gasteiger charge is 2.62. The Bertz CT molecular complexity index is 2260. The predicted octanol–water partition coefficient (Wildman–Crippen LogP) is 5.58. The molecular formula is C45H55N5O9S. The fraction of sp³-hybridized carbons (Fsp3) is 0.533. The number of fused-ring (bicyclic) bond motifs is 3. The molecule has 3 aliphatic carbocycles. The van der Waals surface area contributed by atoms with Gasteiger partial charge in [-0.1, -0.05) is 62.6 Å². The van der Waals surface area contributed by atoms with Gasteiger partial charge in [-0.2, -0.15) is 0 Å². The van der Waals surface area contributed by atoms with E-state index in [0.717, 1.165) is 55.0 Å². The number of ether oxygens (including phenoxy) is 3. The lowest BCUT2D eigenvalue weighted by atomic mass is 9.96. The van der Waals surface area contributed by atoms with Gasteiger partial charge in [0.2, 0.25) is 21.8 Å². The van der Waals surface area contributed by atoms with E-state index in [1.165, 1.54) is 11.0 Å². The molecule has 1 unspecified atom stereocenters. The summed E-state index contributed by atoms with van der Waals surface area (Å²) in [6, 6.07) is 13.5. The number of sulfonamides is 1. The van der Waals surface area contributed by atoms with Crippen LogP contribution in [-0.4, -0.2) is 91.4 Å². The lowest BCUT2D eigenvalue weighted by Gasteiger charge is -2.32. The van der Waals surface area contributed by atoms with E-state index in [1.54, 1.807) is 7.11 Å². The Kier molecular flexibility index (Phi) is 11.8. The fourth-order valence-electron chi connectivity index (χ4n) is 9.21. The zero-order valence-corrected chi connectivity index (χ0v) is 35.1. The van der Waals surface area contributed by atoms with Crippen LogP contribution in [0.1, 0.15) is 83.1 Å². The van der Waals surface area contributed by atoms with Crippen LogP contribution < -0.4 is 24.8 Å². The van der Waals surface area contributed by atoms with Crippen molar-refractivity contribution >= 4 is 44.7 Å². The van der Waals surface area contributed by atoms with E-state index in [1.807, 2.05) is 55.5 Å².